The van der Waals surface area contributed by atoms with Crippen LogP contribution in [0, 0.1) is 5.82 Å². The van der Waals surface area contributed by atoms with Crippen LogP contribution in [0.2, 0.25) is 0 Å². The van der Waals surface area contributed by atoms with Gasteiger partial charge in [0, 0.05) is 29.3 Å². The van der Waals surface area contributed by atoms with Gasteiger partial charge in [0.05, 0.1) is 12.8 Å². The van der Waals surface area contributed by atoms with Crippen LogP contribution in [0.4, 0.5) is 10.1 Å². The molecular formula is C19H20FN3O3S. The van der Waals surface area contributed by atoms with E-state index >= 15 is 0 Å². The molecule has 3 rings (SSSR count). The second kappa shape index (κ2) is 7.89. The topological polar surface area (TPSA) is 82.3 Å². The molecule has 0 saturated carbocycles. The van der Waals surface area contributed by atoms with Gasteiger partial charge < -0.3 is 10.3 Å². The van der Waals surface area contributed by atoms with Crippen molar-refractivity contribution in [2.75, 3.05) is 24.7 Å². The molecule has 0 spiro atoms. The van der Waals surface area contributed by atoms with E-state index in [1.54, 1.807) is 0 Å². The van der Waals surface area contributed by atoms with Crippen molar-refractivity contribution in [3.05, 3.63) is 66.1 Å². The van der Waals surface area contributed by atoms with Gasteiger partial charge in [0.15, 0.2) is 0 Å². The minimum atomic E-state index is -3.56. The third kappa shape index (κ3) is 4.93. The van der Waals surface area contributed by atoms with Crippen molar-refractivity contribution in [2.45, 2.75) is 6.42 Å². The highest BCUT2D eigenvalue weighted by Crippen LogP contribution is 2.18. The van der Waals surface area contributed by atoms with E-state index in [1.807, 2.05) is 30.5 Å². The van der Waals surface area contributed by atoms with Gasteiger partial charge in [-0.25, -0.2) is 12.8 Å². The van der Waals surface area contributed by atoms with Crippen molar-refractivity contribution >= 4 is 32.5 Å². The first-order valence-electron chi connectivity index (χ1n) is 8.38. The number of nitrogens with one attached hydrogen (secondary N) is 2. The Labute approximate surface area is 157 Å². The number of fused-ring (bicyclic) bond motifs is 1. The largest absolute Gasteiger partial charge is 0.361 e. The normalized spacial score (nSPS) is 11.8. The van der Waals surface area contributed by atoms with Gasteiger partial charge >= 0.3 is 0 Å². The van der Waals surface area contributed by atoms with Crippen LogP contribution >= 0.6 is 0 Å². The molecule has 0 aliphatic heterocycles. The molecule has 27 heavy (non-hydrogen) atoms. The number of para-hydroxylation sites is 1. The van der Waals surface area contributed by atoms with Gasteiger partial charge in [-0.05, 0) is 42.3 Å². The highest BCUT2D eigenvalue weighted by molar-refractivity contribution is 7.88. The molecule has 2 N–H and O–H groups in total. The van der Waals surface area contributed by atoms with Gasteiger partial charge in [-0.1, -0.05) is 18.2 Å². The summed E-state index contributed by atoms with van der Waals surface area (Å²) in [5.74, 6) is -0.893. The summed E-state index contributed by atoms with van der Waals surface area (Å²) in [6, 6.07) is 13.0. The number of carbonyl (C=O) groups excluding carboxylic acids is 1. The SMILES string of the molecule is CS(=O)(=O)N(CCc1c[nH]c2ccccc12)CC(=O)Nc1ccc(F)cc1. The van der Waals surface area contributed by atoms with Crippen LogP contribution in [-0.2, 0) is 21.2 Å². The number of hydrogen-bond donors (Lipinski definition) is 2. The van der Waals surface area contributed by atoms with Crippen LogP contribution in [0.25, 0.3) is 10.9 Å². The molecular weight excluding hydrogens is 369 g/mol. The standard InChI is InChI=1S/C19H20FN3O3S/c1-27(25,26)23(13-19(24)22-16-8-6-15(20)7-9-16)11-10-14-12-21-18-5-3-2-4-17(14)18/h2-9,12,21H,10-11,13H2,1H3,(H,22,24). The predicted octanol–water partition coefficient (Wildman–Crippen LogP) is 2.75. The summed E-state index contributed by atoms with van der Waals surface area (Å²) in [4.78, 5) is 15.4. The van der Waals surface area contributed by atoms with Crippen LogP contribution in [0.3, 0.4) is 0 Å². The van der Waals surface area contributed by atoms with Crippen LogP contribution in [0.1, 0.15) is 5.56 Å². The van der Waals surface area contributed by atoms with E-state index < -0.39 is 21.7 Å². The minimum Gasteiger partial charge on any atom is -0.361 e. The Morgan fingerprint density at radius 1 is 1.15 bits per heavy atom. The molecule has 0 radical (unpaired) electrons. The van der Waals surface area contributed by atoms with E-state index in [0.29, 0.717) is 12.1 Å². The van der Waals surface area contributed by atoms with Gasteiger partial charge in [0.2, 0.25) is 15.9 Å². The number of halogens is 1. The summed E-state index contributed by atoms with van der Waals surface area (Å²) in [6.07, 6.45) is 3.40. The van der Waals surface area contributed by atoms with Crippen molar-refractivity contribution in [3.8, 4) is 0 Å². The van der Waals surface area contributed by atoms with Gasteiger partial charge in [-0.15, -0.1) is 0 Å². The van der Waals surface area contributed by atoms with E-state index in [9.17, 15) is 17.6 Å². The lowest BCUT2D eigenvalue weighted by Crippen LogP contribution is -2.38. The molecule has 1 amide bonds. The number of nitrogens with zero attached hydrogens (tertiary/aromatic N) is 1. The highest BCUT2D eigenvalue weighted by atomic mass is 32.2. The number of aromatic nitrogens is 1. The number of benzene rings is 2. The van der Waals surface area contributed by atoms with Crippen LogP contribution in [0.15, 0.2) is 54.7 Å². The maximum Gasteiger partial charge on any atom is 0.239 e. The fraction of sp³-hybridized carbons (Fsp3) is 0.211. The lowest BCUT2D eigenvalue weighted by Gasteiger charge is -2.19. The van der Waals surface area contributed by atoms with E-state index in [-0.39, 0.29) is 13.1 Å². The van der Waals surface area contributed by atoms with Crippen molar-refractivity contribution in [1.29, 1.82) is 0 Å². The maximum atomic E-state index is 12.9. The number of sulfonamides is 1. The number of rotatable bonds is 7. The predicted molar refractivity (Wildman–Crippen MR) is 103 cm³/mol. The number of H-pyrrole nitrogens is 1. The number of carbonyl (C=O) groups is 1. The van der Waals surface area contributed by atoms with Crippen LogP contribution < -0.4 is 5.32 Å². The molecule has 142 valence electrons. The van der Waals surface area contributed by atoms with Crippen molar-refractivity contribution < 1.29 is 17.6 Å². The molecule has 1 aromatic heterocycles. The van der Waals surface area contributed by atoms with Crippen LogP contribution in [0.5, 0.6) is 0 Å². The van der Waals surface area contributed by atoms with Gasteiger partial charge in [0.25, 0.3) is 0 Å². The molecule has 0 fully saturated rings. The zero-order valence-corrected chi connectivity index (χ0v) is 15.6. The van der Waals surface area contributed by atoms with Gasteiger partial charge in [-0.3, -0.25) is 4.79 Å². The molecule has 0 saturated heterocycles. The summed E-state index contributed by atoms with van der Waals surface area (Å²) in [6.45, 7) is -0.129. The number of aromatic amines is 1. The zero-order chi connectivity index (χ0) is 19.4. The quantitative estimate of drug-likeness (QED) is 0.652. The summed E-state index contributed by atoms with van der Waals surface area (Å²) in [5.41, 5.74) is 2.37. The molecule has 0 bridgehead atoms. The average molecular weight is 389 g/mol. The summed E-state index contributed by atoms with van der Waals surface area (Å²) in [5, 5.41) is 3.61. The van der Waals surface area contributed by atoms with E-state index in [2.05, 4.69) is 10.3 Å². The molecule has 0 aliphatic rings. The first-order chi connectivity index (χ1) is 12.8. The molecule has 0 aliphatic carbocycles. The molecule has 8 heteroatoms. The van der Waals surface area contributed by atoms with E-state index in [1.165, 1.54) is 24.3 Å². The Morgan fingerprint density at radius 3 is 2.56 bits per heavy atom. The Balaban J connectivity index is 1.67. The maximum absolute atomic E-state index is 12.9. The molecule has 0 unspecified atom stereocenters. The van der Waals surface area contributed by atoms with Crippen molar-refractivity contribution in [3.63, 3.8) is 0 Å². The fourth-order valence-corrected chi connectivity index (χ4v) is 3.61. The zero-order valence-electron chi connectivity index (χ0n) is 14.8. The van der Waals surface area contributed by atoms with Crippen molar-refractivity contribution in [1.82, 2.24) is 9.29 Å². The van der Waals surface area contributed by atoms with Gasteiger partial charge in [-0.2, -0.15) is 4.31 Å². The lowest BCUT2D eigenvalue weighted by molar-refractivity contribution is -0.116. The lowest BCUT2D eigenvalue weighted by atomic mass is 10.1. The number of amides is 1. The Kier molecular flexibility index (Phi) is 5.57. The van der Waals surface area contributed by atoms with Gasteiger partial charge in [0.1, 0.15) is 5.82 Å². The first-order valence-corrected chi connectivity index (χ1v) is 10.2. The molecule has 3 aromatic rings. The first kappa shape index (κ1) is 19.1. The fourth-order valence-electron chi connectivity index (χ4n) is 2.84. The summed E-state index contributed by atoms with van der Waals surface area (Å²) >= 11 is 0. The third-order valence-corrected chi connectivity index (χ3v) is 5.47. The molecule has 0 atom stereocenters. The minimum absolute atomic E-state index is 0.178. The molecule has 6 nitrogen and oxygen atoms in total. The average Bonchev–Trinajstić information content (AvgIpc) is 3.03. The highest BCUT2D eigenvalue weighted by Gasteiger charge is 2.20. The monoisotopic (exact) mass is 389 g/mol. The summed E-state index contributed by atoms with van der Waals surface area (Å²) in [7, 11) is -3.56. The Bertz CT molecular complexity index is 1050. The van der Waals surface area contributed by atoms with E-state index in [4.69, 9.17) is 0 Å². The molecule has 2 aromatic carbocycles. The smallest absolute Gasteiger partial charge is 0.239 e. The third-order valence-electron chi connectivity index (χ3n) is 4.22. The number of anilines is 1. The Morgan fingerprint density at radius 2 is 1.85 bits per heavy atom. The molecule has 1 heterocycles. The van der Waals surface area contributed by atoms with E-state index in [0.717, 1.165) is 27.0 Å². The Hall–Kier alpha value is -2.71. The number of hydrogen-bond acceptors (Lipinski definition) is 3. The second-order valence-corrected chi connectivity index (χ2v) is 8.24. The van der Waals surface area contributed by atoms with Crippen molar-refractivity contribution in [2.24, 2.45) is 0 Å². The second-order valence-electron chi connectivity index (χ2n) is 6.26. The summed E-state index contributed by atoms with van der Waals surface area (Å²) < 4.78 is 38.2. The van der Waals surface area contributed by atoms with Crippen LogP contribution in [-0.4, -0.2) is 43.0 Å².